The largest absolute Gasteiger partial charge is 0.351 e. The van der Waals surface area contributed by atoms with Crippen LogP contribution in [0.4, 0.5) is 11.4 Å². The first-order valence-corrected chi connectivity index (χ1v) is 12.9. The molecule has 0 radical (unpaired) electrons. The smallest absolute Gasteiger partial charge is 0.221 e. The molecule has 0 saturated carbocycles. The summed E-state index contributed by atoms with van der Waals surface area (Å²) in [4.78, 5) is 18.3. The third-order valence-corrected chi connectivity index (χ3v) is 7.36. The Morgan fingerprint density at radius 1 is 1.05 bits per heavy atom. The number of benzene rings is 2. The highest BCUT2D eigenvalue weighted by Crippen LogP contribution is 2.44. The highest BCUT2D eigenvalue weighted by molar-refractivity contribution is 7.80. The monoisotopic (exact) mass is 549 g/mol. The van der Waals surface area contributed by atoms with E-state index in [-0.39, 0.29) is 18.0 Å². The summed E-state index contributed by atoms with van der Waals surface area (Å²) in [6.07, 6.45) is 1.79. The van der Waals surface area contributed by atoms with Gasteiger partial charge < -0.3 is 20.1 Å². The molecule has 5 rings (SSSR count). The zero-order valence-electron chi connectivity index (χ0n) is 20.5. The number of aromatic nitrogens is 2. The molecule has 2 aromatic heterocycles. The van der Waals surface area contributed by atoms with Crippen LogP contribution in [0.25, 0.3) is 5.69 Å². The van der Waals surface area contributed by atoms with Crippen LogP contribution in [-0.4, -0.2) is 20.6 Å². The first kappa shape index (κ1) is 25.3. The zero-order valence-corrected chi connectivity index (χ0v) is 22.8. The van der Waals surface area contributed by atoms with Gasteiger partial charge in [-0.1, -0.05) is 29.3 Å². The number of rotatable bonds is 5. The van der Waals surface area contributed by atoms with Crippen molar-refractivity contribution in [2.24, 2.45) is 0 Å². The van der Waals surface area contributed by atoms with Crippen LogP contribution >= 0.6 is 35.4 Å². The van der Waals surface area contributed by atoms with Crippen molar-refractivity contribution in [1.29, 1.82) is 0 Å². The number of amides is 1. The molecule has 1 saturated heterocycles. The van der Waals surface area contributed by atoms with E-state index in [9.17, 15) is 4.79 Å². The molecular weight excluding hydrogens is 525 g/mol. The van der Waals surface area contributed by atoms with E-state index in [1.54, 1.807) is 12.3 Å². The van der Waals surface area contributed by atoms with Gasteiger partial charge in [0.15, 0.2) is 5.11 Å². The quantitative estimate of drug-likeness (QED) is 0.264. The van der Waals surface area contributed by atoms with Crippen LogP contribution in [0.5, 0.6) is 0 Å². The third kappa shape index (κ3) is 4.82. The lowest BCUT2D eigenvalue weighted by molar-refractivity contribution is -0.114. The van der Waals surface area contributed by atoms with Gasteiger partial charge in [-0.05, 0) is 92.3 Å². The van der Waals surface area contributed by atoms with Crippen LogP contribution in [0, 0.1) is 13.8 Å². The number of nitrogens with zero attached hydrogens (tertiary/aromatic N) is 3. The van der Waals surface area contributed by atoms with Crippen LogP contribution < -0.4 is 15.5 Å². The Morgan fingerprint density at radius 3 is 2.46 bits per heavy atom. The maximum absolute atomic E-state index is 11.5. The van der Waals surface area contributed by atoms with Gasteiger partial charge in [0.25, 0.3) is 0 Å². The Bertz CT molecular complexity index is 1490. The molecule has 6 nitrogen and oxygen atoms in total. The summed E-state index contributed by atoms with van der Waals surface area (Å²) in [5.74, 6) is -0.118. The Kier molecular flexibility index (Phi) is 6.94. The number of hydrogen-bond donors (Lipinski definition) is 2. The summed E-state index contributed by atoms with van der Waals surface area (Å²) in [6.45, 7) is 5.64. The second-order valence-corrected chi connectivity index (χ2v) is 10.2. The molecule has 37 heavy (non-hydrogen) atoms. The molecule has 0 bridgehead atoms. The van der Waals surface area contributed by atoms with Gasteiger partial charge in [0, 0.05) is 40.9 Å². The summed E-state index contributed by atoms with van der Waals surface area (Å²) in [5, 5.41) is 8.08. The molecule has 3 heterocycles. The van der Waals surface area contributed by atoms with Gasteiger partial charge in [0.2, 0.25) is 5.91 Å². The minimum atomic E-state index is -0.182. The lowest BCUT2D eigenvalue weighted by atomic mass is 9.96. The van der Waals surface area contributed by atoms with E-state index in [0.717, 1.165) is 39.7 Å². The van der Waals surface area contributed by atoms with E-state index in [0.29, 0.717) is 15.2 Å². The summed E-state index contributed by atoms with van der Waals surface area (Å²) >= 11 is 18.6. The van der Waals surface area contributed by atoms with Crippen LogP contribution in [-0.2, 0) is 4.79 Å². The molecule has 0 unspecified atom stereocenters. The molecule has 2 aromatic carbocycles. The van der Waals surface area contributed by atoms with E-state index in [2.05, 4.69) is 45.0 Å². The number of pyridine rings is 1. The average molecular weight is 551 g/mol. The second kappa shape index (κ2) is 10.2. The van der Waals surface area contributed by atoms with Crippen molar-refractivity contribution in [2.45, 2.75) is 32.9 Å². The van der Waals surface area contributed by atoms with Crippen LogP contribution in [0.3, 0.4) is 0 Å². The van der Waals surface area contributed by atoms with Crippen LogP contribution in [0.2, 0.25) is 10.0 Å². The molecule has 1 aliphatic rings. The van der Waals surface area contributed by atoms with E-state index in [4.69, 9.17) is 35.4 Å². The molecule has 0 aliphatic carbocycles. The van der Waals surface area contributed by atoms with Crippen molar-refractivity contribution in [1.82, 2.24) is 14.9 Å². The maximum Gasteiger partial charge on any atom is 0.221 e. The number of carbonyl (C=O) groups excluding carboxylic acids is 1. The van der Waals surface area contributed by atoms with Crippen molar-refractivity contribution in [2.75, 3.05) is 10.2 Å². The molecular formula is C28H25Cl2N5OS. The van der Waals surface area contributed by atoms with Gasteiger partial charge >= 0.3 is 0 Å². The van der Waals surface area contributed by atoms with Crippen molar-refractivity contribution < 1.29 is 4.79 Å². The van der Waals surface area contributed by atoms with Gasteiger partial charge in [0.1, 0.15) is 0 Å². The Hall–Kier alpha value is -3.39. The van der Waals surface area contributed by atoms with Gasteiger partial charge in [-0.3, -0.25) is 9.78 Å². The standard InChI is InChI=1S/C28H25Cl2N5OS/c1-16-14-22(17(2)34(16)25-12-7-19(29)15-23(25)30)27-26(24-6-4-5-13-31-24)33-28(37)35(27)21-10-8-20(9-11-21)32-18(3)36/h4-15,26-27H,1-3H3,(H,32,36)(H,33,37)/t26-,27-/m0/s1. The fourth-order valence-electron chi connectivity index (χ4n) is 4.98. The van der Waals surface area contributed by atoms with E-state index >= 15 is 0 Å². The molecule has 0 spiro atoms. The predicted octanol–water partition coefficient (Wildman–Crippen LogP) is 6.93. The third-order valence-electron chi connectivity index (χ3n) is 6.50. The fourth-order valence-corrected chi connectivity index (χ4v) is 5.82. The minimum Gasteiger partial charge on any atom is -0.351 e. The highest BCUT2D eigenvalue weighted by atomic mass is 35.5. The van der Waals surface area contributed by atoms with E-state index in [1.807, 2.05) is 54.6 Å². The first-order chi connectivity index (χ1) is 17.7. The molecule has 2 atom stereocenters. The van der Waals surface area contributed by atoms with Crippen molar-refractivity contribution in [3.63, 3.8) is 0 Å². The maximum atomic E-state index is 11.5. The number of thiocarbonyl (C=S) groups is 1. The molecule has 1 fully saturated rings. The number of carbonyl (C=O) groups is 1. The zero-order chi connectivity index (χ0) is 26.3. The Balaban J connectivity index is 1.64. The number of hydrogen-bond acceptors (Lipinski definition) is 3. The Morgan fingerprint density at radius 2 is 1.81 bits per heavy atom. The second-order valence-electron chi connectivity index (χ2n) is 8.98. The molecule has 1 amide bonds. The van der Waals surface area contributed by atoms with Crippen molar-refractivity contribution in [3.05, 3.63) is 106 Å². The molecule has 9 heteroatoms. The molecule has 188 valence electrons. The average Bonchev–Trinajstić information content (AvgIpc) is 3.35. The molecule has 4 aromatic rings. The van der Waals surface area contributed by atoms with E-state index in [1.165, 1.54) is 6.92 Å². The van der Waals surface area contributed by atoms with Crippen LogP contribution in [0.1, 0.15) is 41.7 Å². The van der Waals surface area contributed by atoms with Gasteiger partial charge in [-0.15, -0.1) is 0 Å². The van der Waals surface area contributed by atoms with Crippen molar-refractivity contribution in [3.8, 4) is 5.69 Å². The number of aryl methyl sites for hydroxylation is 1. The lowest BCUT2D eigenvalue weighted by Crippen LogP contribution is -2.29. The Labute approximate surface area is 231 Å². The normalized spacial score (nSPS) is 17.1. The lowest BCUT2D eigenvalue weighted by Gasteiger charge is -2.28. The number of anilines is 2. The topological polar surface area (TPSA) is 62.2 Å². The number of halogens is 2. The molecule has 2 N–H and O–H groups in total. The summed E-state index contributed by atoms with van der Waals surface area (Å²) in [7, 11) is 0. The van der Waals surface area contributed by atoms with Crippen molar-refractivity contribution >= 4 is 57.8 Å². The van der Waals surface area contributed by atoms with E-state index < -0.39 is 0 Å². The summed E-state index contributed by atoms with van der Waals surface area (Å²) < 4.78 is 2.14. The predicted molar refractivity (Wildman–Crippen MR) is 154 cm³/mol. The van der Waals surface area contributed by atoms with Gasteiger partial charge in [-0.25, -0.2) is 0 Å². The SMILES string of the molecule is CC(=O)Nc1ccc(N2C(=S)N[C@@H](c3ccccn3)[C@@H]2c2cc(C)n(-c3ccc(Cl)cc3Cl)c2C)cc1. The summed E-state index contributed by atoms with van der Waals surface area (Å²) in [5.41, 5.74) is 6.56. The van der Waals surface area contributed by atoms with Gasteiger partial charge in [-0.2, -0.15) is 0 Å². The van der Waals surface area contributed by atoms with Gasteiger partial charge in [0.05, 0.1) is 28.5 Å². The first-order valence-electron chi connectivity index (χ1n) is 11.8. The molecule has 1 aliphatic heterocycles. The highest BCUT2D eigenvalue weighted by Gasteiger charge is 2.42. The minimum absolute atomic E-state index is 0.118. The fraction of sp³-hybridized carbons (Fsp3) is 0.179. The van der Waals surface area contributed by atoms with Crippen LogP contribution in [0.15, 0.2) is 72.9 Å². The number of nitrogens with one attached hydrogen (secondary N) is 2. The summed E-state index contributed by atoms with van der Waals surface area (Å²) in [6, 6.07) is 20.9.